The Morgan fingerprint density at radius 1 is 0.129 bits per heavy atom. The molecule has 21 aromatic rings. The first kappa shape index (κ1) is 76.1. The summed E-state index contributed by atoms with van der Waals surface area (Å²) in [7, 11) is 0. The highest BCUT2D eigenvalue weighted by atomic mass is 16.5. The lowest BCUT2D eigenvalue weighted by Crippen LogP contribution is -2.29. The first-order valence-electron chi connectivity index (χ1n) is 45.6. The maximum atomic E-state index is 6.64. The van der Waals surface area contributed by atoms with Gasteiger partial charge in [-0.15, -0.1) is 0 Å². The molecule has 21 aromatic carbocycles. The summed E-state index contributed by atoms with van der Waals surface area (Å²) in [5.74, 6) is 3.42. The van der Waals surface area contributed by atoms with Crippen molar-refractivity contribution in [3.05, 3.63) is 542 Å². The normalized spacial score (nSPS) is 12.9. The minimum absolute atomic E-state index is 0.500. The van der Waals surface area contributed by atoms with Crippen molar-refractivity contribution in [3.8, 4) is 168 Å². The lowest BCUT2D eigenvalue weighted by atomic mass is 9.66. The van der Waals surface area contributed by atoms with Crippen LogP contribution >= 0.6 is 0 Å². The van der Waals surface area contributed by atoms with E-state index < -0.39 is 10.8 Å². The van der Waals surface area contributed by atoms with Crippen LogP contribution in [0.5, 0.6) is 23.0 Å². The van der Waals surface area contributed by atoms with Crippen LogP contribution in [-0.4, -0.2) is 0 Å². The van der Waals surface area contributed by atoms with Crippen molar-refractivity contribution in [1.29, 1.82) is 0 Å². The topological polar surface area (TPSA) is 24.9 Å². The minimum atomic E-state index is -0.551. The molecule has 4 nitrogen and oxygen atoms in total. The summed E-state index contributed by atoms with van der Waals surface area (Å²) in [6.07, 6.45) is 0. The lowest BCUT2D eigenvalue weighted by molar-refractivity contribution is 0.487. The third kappa shape index (κ3) is 11.8. The summed E-state index contributed by atoms with van der Waals surface area (Å²) in [6.45, 7) is 0. The average Bonchev–Trinajstić information content (AvgIpc) is 1.52. The summed E-state index contributed by atoms with van der Waals surface area (Å²) >= 11 is 0. The number of para-hydroxylation sites is 5. The molecular weight excluding hydrogens is 1600 g/mol. The molecule has 6 aliphatic rings. The standard InChI is InChI=1S/C67H43NO.C61H39NO/c1-2-16-44(17-3-1)45-30-35-48(36-31-45)68(50-39-40-53-57-23-9-14-28-65(57)69-66-29-15-10-24-58(66)59(53)43-50)49-37-32-46(33-38-49)47-34-41-64-60(42-47)56-22-8-13-27-63(56)67(64)61-25-11-6-20-54(61)51-18-4-5-19-52(51)55-21-7-12-26-62(55)67;1-2-18-40(19-3-1)43-20-9-15-31-58(43)62(41-34-36-46-50-26-10-16-32-59(50)63-60-33-17-11-27-51(60)52(46)38-41)42-35-37-57-53(39-42)49-25-8-14-30-56(49)61(57)54-28-12-6-23-47(54)44-21-4-5-22-45(44)48-24-7-13-29-55(48)61/h1-43H;1-39H. The van der Waals surface area contributed by atoms with Crippen LogP contribution in [0.25, 0.3) is 145 Å². The molecule has 4 aliphatic carbocycles. The first-order chi connectivity index (χ1) is 65.5. The molecule has 0 saturated heterocycles. The van der Waals surface area contributed by atoms with Gasteiger partial charge in [-0.3, -0.25) is 0 Å². The van der Waals surface area contributed by atoms with Gasteiger partial charge in [-0.2, -0.15) is 0 Å². The van der Waals surface area contributed by atoms with Gasteiger partial charge in [-0.1, -0.05) is 400 Å². The number of anilines is 6. The zero-order chi connectivity index (χ0) is 87.0. The fraction of sp³-hybridized carbons (Fsp3) is 0.0156. The Hall–Kier alpha value is -17.2. The summed E-state index contributed by atoms with van der Waals surface area (Å²) in [5, 5.41) is 0. The quantitative estimate of drug-likeness (QED) is 0.144. The maximum Gasteiger partial charge on any atom is 0.135 e. The van der Waals surface area contributed by atoms with E-state index in [0.29, 0.717) is 0 Å². The van der Waals surface area contributed by atoms with E-state index >= 15 is 0 Å². The Morgan fingerprint density at radius 3 is 0.758 bits per heavy atom. The summed E-state index contributed by atoms with van der Waals surface area (Å²) in [6, 6.07) is 182. The maximum absolute atomic E-state index is 6.64. The third-order valence-corrected chi connectivity index (χ3v) is 28.3. The highest BCUT2D eigenvalue weighted by Crippen LogP contribution is 2.65. The van der Waals surface area contributed by atoms with E-state index in [1.54, 1.807) is 0 Å². The number of hydrogen-bond acceptors (Lipinski definition) is 4. The number of benzene rings is 21. The fourth-order valence-electron chi connectivity index (χ4n) is 22.7. The molecule has 0 aromatic heterocycles. The highest BCUT2D eigenvalue weighted by molar-refractivity contribution is 6.04. The van der Waals surface area contributed by atoms with Crippen molar-refractivity contribution in [2.24, 2.45) is 0 Å². The zero-order valence-corrected chi connectivity index (χ0v) is 72.1. The van der Waals surface area contributed by atoms with Crippen LogP contribution in [0.4, 0.5) is 34.1 Å². The van der Waals surface area contributed by atoms with Crippen LogP contribution < -0.4 is 19.3 Å². The van der Waals surface area contributed by atoms with Gasteiger partial charge in [0.15, 0.2) is 0 Å². The molecule has 4 heteroatoms. The zero-order valence-electron chi connectivity index (χ0n) is 72.1. The van der Waals surface area contributed by atoms with Gasteiger partial charge in [0.1, 0.15) is 23.0 Å². The van der Waals surface area contributed by atoms with Gasteiger partial charge in [-0.25, -0.2) is 0 Å². The number of hydrogen-bond donors (Lipinski definition) is 0. The van der Waals surface area contributed by atoms with E-state index in [1.165, 1.54) is 128 Å². The molecule has 616 valence electrons. The number of nitrogens with zero attached hydrogens (tertiary/aromatic N) is 2. The third-order valence-electron chi connectivity index (χ3n) is 28.3. The van der Waals surface area contributed by atoms with Gasteiger partial charge in [0.2, 0.25) is 0 Å². The van der Waals surface area contributed by atoms with Crippen LogP contribution in [0.2, 0.25) is 0 Å². The van der Waals surface area contributed by atoms with Crippen LogP contribution in [0, 0.1) is 0 Å². The van der Waals surface area contributed by atoms with Gasteiger partial charge in [0.25, 0.3) is 0 Å². The fourth-order valence-corrected chi connectivity index (χ4v) is 22.7. The molecule has 2 heterocycles. The number of fused-ring (bicyclic) bond motifs is 34. The molecule has 0 N–H and O–H groups in total. The van der Waals surface area contributed by atoms with Crippen molar-refractivity contribution in [2.75, 3.05) is 9.80 Å². The molecule has 2 aliphatic heterocycles. The van der Waals surface area contributed by atoms with E-state index in [4.69, 9.17) is 9.47 Å². The minimum Gasteiger partial charge on any atom is -0.456 e. The van der Waals surface area contributed by atoms with Gasteiger partial charge in [0.05, 0.1) is 16.5 Å². The molecule has 0 bridgehead atoms. The molecule has 27 rings (SSSR count). The number of rotatable bonds is 9. The molecule has 132 heavy (non-hydrogen) atoms. The molecule has 2 spiro atoms. The predicted octanol–water partition coefficient (Wildman–Crippen LogP) is 34.2. The van der Waals surface area contributed by atoms with E-state index in [9.17, 15) is 0 Å². The smallest absolute Gasteiger partial charge is 0.135 e. The second-order valence-electron chi connectivity index (χ2n) is 35.0. The Balaban J connectivity index is 0.000000139. The van der Waals surface area contributed by atoms with E-state index in [2.05, 4.69) is 489 Å². The molecule has 0 saturated carbocycles. The summed E-state index contributed by atoms with van der Waals surface area (Å²) in [4.78, 5) is 4.84. The first-order valence-corrected chi connectivity index (χ1v) is 45.6. The molecular formula is C128H82N2O2. The summed E-state index contributed by atoms with van der Waals surface area (Å²) < 4.78 is 13.2. The van der Waals surface area contributed by atoms with Crippen LogP contribution in [-0.2, 0) is 10.8 Å². The van der Waals surface area contributed by atoms with E-state index in [1.807, 2.05) is 18.2 Å². The molecule has 0 fully saturated rings. The lowest BCUT2D eigenvalue weighted by Gasteiger charge is -2.35. The Kier molecular flexibility index (Phi) is 17.8. The van der Waals surface area contributed by atoms with Crippen LogP contribution in [0.3, 0.4) is 0 Å². The highest BCUT2D eigenvalue weighted by Gasteiger charge is 2.52. The Morgan fingerprint density at radius 2 is 0.364 bits per heavy atom. The van der Waals surface area contributed by atoms with E-state index in [-0.39, 0.29) is 0 Å². The SMILES string of the molecule is c1ccc(-c2ccc(N(c3ccc(-c4ccc5c(c4)-c4ccccc4C54c5ccccc5-c5ccccc5-c5ccccc54)cc3)c3ccc4c(c3)-c3ccccc3Oc3ccccc3-4)cc2)cc1.c1ccc(-c2ccccc2N(c2ccc3c(c2)-c2ccccc2Oc2ccccc2-3)c2ccc3c(c2)-c2ccccc2C32c3ccccc3-c3ccccc3-c3ccccc32)cc1. The van der Waals surface area contributed by atoms with Crippen LogP contribution in [0.15, 0.2) is 497 Å². The predicted molar refractivity (Wildman–Crippen MR) is 544 cm³/mol. The second kappa shape index (κ2) is 30.8. The average molecular weight is 1680 g/mol. The van der Waals surface area contributed by atoms with Gasteiger partial charge < -0.3 is 19.3 Å². The molecule has 0 unspecified atom stereocenters. The van der Waals surface area contributed by atoms with Crippen molar-refractivity contribution >= 4 is 34.1 Å². The Bertz CT molecular complexity index is 8100. The van der Waals surface area contributed by atoms with Crippen LogP contribution in [0.1, 0.15) is 44.5 Å². The molecule has 0 radical (unpaired) electrons. The van der Waals surface area contributed by atoms with Crippen molar-refractivity contribution in [3.63, 3.8) is 0 Å². The number of ether oxygens (including phenoxy) is 2. The monoisotopic (exact) mass is 1680 g/mol. The molecule has 0 amide bonds. The van der Waals surface area contributed by atoms with Gasteiger partial charge in [0, 0.05) is 56.3 Å². The van der Waals surface area contributed by atoms with Crippen molar-refractivity contribution in [1.82, 2.24) is 0 Å². The molecule has 0 atom stereocenters. The van der Waals surface area contributed by atoms with Gasteiger partial charge >= 0.3 is 0 Å². The summed E-state index contributed by atoms with van der Waals surface area (Å²) in [5.41, 5.74) is 47.0. The van der Waals surface area contributed by atoms with Gasteiger partial charge in [-0.05, 0) is 258 Å². The Labute approximate surface area is 768 Å². The second-order valence-corrected chi connectivity index (χ2v) is 35.0. The largest absolute Gasteiger partial charge is 0.456 e. The van der Waals surface area contributed by atoms with Crippen molar-refractivity contribution < 1.29 is 9.47 Å². The van der Waals surface area contributed by atoms with E-state index in [0.717, 1.165) is 118 Å². The van der Waals surface area contributed by atoms with Crippen molar-refractivity contribution in [2.45, 2.75) is 10.8 Å².